The van der Waals surface area contributed by atoms with Gasteiger partial charge in [-0.3, -0.25) is 4.79 Å². The number of carbonyl (C=O) groups is 1. The molecule has 0 atom stereocenters. The first-order chi connectivity index (χ1) is 10.5. The maximum absolute atomic E-state index is 12.6. The van der Waals surface area contributed by atoms with E-state index >= 15 is 0 Å². The van der Waals surface area contributed by atoms with Gasteiger partial charge in [0.15, 0.2) is 0 Å². The normalized spacial score (nSPS) is 16.5. The highest BCUT2D eigenvalue weighted by atomic mass is 32.2. The molecule has 1 aliphatic heterocycles. The minimum atomic E-state index is -3.54. The second-order valence-electron chi connectivity index (χ2n) is 5.21. The minimum absolute atomic E-state index is 0.0981. The molecule has 6 nitrogen and oxygen atoms in total. The van der Waals surface area contributed by atoms with Gasteiger partial charge in [0.2, 0.25) is 15.9 Å². The zero-order valence-electron chi connectivity index (χ0n) is 13.0. The molecule has 0 unspecified atom stereocenters. The maximum atomic E-state index is 12.6. The van der Waals surface area contributed by atoms with Crippen molar-refractivity contribution in [2.75, 3.05) is 33.3 Å². The molecule has 1 aromatic carbocycles. The average molecular weight is 326 g/mol. The third kappa shape index (κ3) is 3.59. The van der Waals surface area contributed by atoms with E-state index in [4.69, 9.17) is 4.74 Å². The molecule has 1 heterocycles. The maximum Gasteiger partial charge on any atom is 0.243 e. The third-order valence-corrected chi connectivity index (χ3v) is 5.63. The molecule has 0 N–H and O–H groups in total. The lowest BCUT2D eigenvalue weighted by molar-refractivity contribution is -0.132. The van der Waals surface area contributed by atoms with Crippen LogP contribution in [0.1, 0.15) is 19.8 Å². The number of piperazine rings is 1. The summed E-state index contributed by atoms with van der Waals surface area (Å²) in [5.74, 6) is 0.610. The van der Waals surface area contributed by atoms with Crippen molar-refractivity contribution < 1.29 is 17.9 Å². The average Bonchev–Trinajstić information content (AvgIpc) is 2.55. The van der Waals surface area contributed by atoms with Crippen molar-refractivity contribution >= 4 is 15.9 Å². The van der Waals surface area contributed by atoms with Crippen LogP contribution in [0.25, 0.3) is 0 Å². The fourth-order valence-electron chi connectivity index (χ4n) is 2.46. The number of sulfonamides is 1. The van der Waals surface area contributed by atoms with Crippen LogP contribution in [0.15, 0.2) is 29.2 Å². The third-order valence-electron chi connectivity index (χ3n) is 3.73. The van der Waals surface area contributed by atoms with Gasteiger partial charge in [-0.1, -0.05) is 13.0 Å². The number of hydrogen-bond donors (Lipinski definition) is 0. The predicted molar refractivity (Wildman–Crippen MR) is 83.2 cm³/mol. The second-order valence-corrected chi connectivity index (χ2v) is 7.15. The Labute approximate surface area is 131 Å². The molecule has 1 fully saturated rings. The molecule has 1 aromatic rings. The second kappa shape index (κ2) is 7.11. The van der Waals surface area contributed by atoms with Crippen LogP contribution in [0.5, 0.6) is 5.75 Å². The Morgan fingerprint density at radius 1 is 1.23 bits per heavy atom. The first-order valence-corrected chi connectivity index (χ1v) is 8.85. The lowest BCUT2D eigenvalue weighted by Crippen LogP contribution is -2.50. The van der Waals surface area contributed by atoms with Gasteiger partial charge in [-0.25, -0.2) is 8.42 Å². The molecule has 1 amide bonds. The summed E-state index contributed by atoms with van der Waals surface area (Å²) in [7, 11) is -2.04. The summed E-state index contributed by atoms with van der Waals surface area (Å²) in [5, 5.41) is 0. The van der Waals surface area contributed by atoms with E-state index in [9.17, 15) is 13.2 Å². The van der Waals surface area contributed by atoms with E-state index in [0.29, 0.717) is 38.3 Å². The molecule has 0 saturated carbocycles. The summed E-state index contributed by atoms with van der Waals surface area (Å²) in [6.45, 7) is 3.51. The van der Waals surface area contributed by atoms with Gasteiger partial charge in [-0.15, -0.1) is 0 Å². The number of ether oxygens (including phenoxy) is 1. The number of hydrogen-bond acceptors (Lipinski definition) is 4. The smallest absolute Gasteiger partial charge is 0.243 e. The highest BCUT2D eigenvalue weighted by Gasteiger charge is 2.29. The fourth-order valence-corrected chi connectivity index (χ4v) is 3.92. The highest BCUT2D eigenvalue weighted by molar-refractivity contribution is 7.89. The largest absolute Gasteiger partial charge is 0.497 e. The van der Waals surface area contributed by atoms with E-state index in [1.165, 1.54) is 17.5 Å². The van der Waals surface area contributed by atoms with Crippen LogP contribution in [-0.2, 0) is 14.8 Å². The Morgan fingerprint density at radius 2 is 1.91 bits per heavy atom. The Bertz CT molecular complexity index is 622. The Morgan fingerprint density at radius 3 is 2.50 bits per heavy atom. The van der Waals surface area contributed by atoms with Crippen molar-refractivity contribution in [2.45, 2.75) is 24.7 Å². The first-order valence-electron chi connectivity index (χ1n) is 7.41. The number of benzene rings is 1. The summed E-state index contributed by atoms with van der Waals surface area (Å²) in [4.78, 5) is 13.8. The standard InChI is InChI=1S/C15H22N2O4S/c1-3-5-15(18)16-8-10-17(11-9-16)22(19,20)14-7-4-6-13(12-14)21-2/h4,6-7,12H,3,5,8-11H2,1-2H3. The topological polar surface area (TPSA) is 66.9 Å². The van der Waals surface area contributed by atoms with Gasteiger partial charge in [0.25, 0.3) is 0 Å². The van der Waals surface area contributed by atoms with Gasteiger partial charge in [-0.05, 0) is 18.6 Å². The van der Waals surface area contributed by atoms with Gasteiger partial charge in [0, 0.05) is 38.7 Å². The first kappa shape index (κ1) is 16.8. The lowest BCUT2D eigenvalue weighted by atomic mass is 10.2. The lowest BCUT2D eigenvalue weighted by Gasteiger charge is -2.34. The molecule has 0 radical (unpaired) electrons. The number of rotatable bonds is 5. The van der Waals surface area contributed by atoms with Crippen LogP contribution in [0.2, 0.25) is 0 Å². The number of amides is 1. The van der Waals surface area contributed by atoms with Crippen LogP contribution in [-0.4, -0.2) is 56.8 Å². The molecule has 122 valence electrons. The summed E-state index contributed by atoms with van der Waals surface area (Å²) in [5.41, 5.74) is 0. The number of nitrogens with zero attached hydrogens (tertiary/aromatic N) is 2. The highest BCUT2D eigenvalue weighted by Crippen LogP contribution is 2.22. The van der Waals surface area contributed by atoms with Gasteiger partial charge in [-0.2, -0.15) is 4.31 Å². The summed E-state index contributed by atoms with van der Waals surface area (Å²) >= 11 is 0. The van der Waals surface area contributed by atoms with Gasteiger partial charge >= 0.3 is 0 Å². The SMILES string of the molecule is CCCC(=O)N1CCN(S(=O)(=O)c2cccc(OC)c2)CC1. The fraction of sp³-hybridized carbons (Fsp3) is 0.533. The van der Waals surface area contributed by atoms with Crippen LogP contribution >= 0.6 is 0 Å². The molecule has 22 heavy (non-hydrogen) atoms. The van der Waals surface area contributed by atoms with Crippen molar-refractivity contribution in [3.05, 3.63) is 24.3 Å². The van der Waals surface area contributed by atoms with Crippen molar-refractivity contribution in [2.24, 2.45) is 0 Å². The zero-order valence-corrected chi connectivity index (χ0v) is 13.8. The Balaban J connectivity index is 2.07. The molecule has 0 aliphatic carbocycles. The van der Waals surface area contributed by atoms with Crippen molar-refractivity contribution in [3.63, 3.8) is 0 Å². The molecule has 0 aromatic heterocycles. The monoisotopic (exact) mass is 326 g/mol. The molecule has 0 spiro atoms. The summed E-state index contributed by atoms with van der Waals surface area (Å²) in [6, 6.07) is 6.45. The summed E-state index contributed by atoms with van der Waals surface area (Å²) < 4.78 is 31.8. The molecule has 7 heteroatoms. The molecular formula is C15H22N2O4S. The van der Waals surface area contributed by atoms with Crippen LogP contribution in [0.3, 0.4) is 0 Å². The molecular weight excluding hydrogens is 304 g/mol. The molecule has 1 saturated heterocycles. The van der Waals surface area contributed by atoms with E-state index in [-0.39, 0.29) is 10.8 Å². The molecule has 1 aliphatic rings. The predicted octanol–water partition coefficient (Wildman–Crippen LogP) is 1.33. The summed E-state index contributed by atoms with van der Waals surface area (Å²) in [6.07, 6.45) is 1.32. The quantitative estimate of drug-likeness (QED) is 0.819. The van der Waals surface area contributed by atoms with Crippen molar-refractivity contribution in [1.82, 2.24) is 9.21 Å². The molecule has 0 bridgehead atoms. The molecule has 2 rings (SSSR count). The minimum Gasteiger partial charge on any atom is -0.497 e. The number of carbonyl (C=O) groups excluding carboxylic acids is 1. The van der Waals surface area contributed by atoms with Gasteiger partial charge < -0.3 is 9.64 Å². The Kier molecular flexibility index (Phi) is 5.42. The van der Waals surface area contributed by atoms with E-state index < -0.39 is 10.0 Å². The van der Waals surface area contributed by atoms with Crippen molar-refractivity contribution in [3.8, 4) is 5.75 Å². The zero-order chi connectivity index (χ0) is 16.2. The van der Waals surface area contributed by atoms with E-state index in [1.54, 1.807) is 23.1 Å². The Hall–Kier alpha value is -1.60. The van der Waals surface area contributed by atoms with Crippen LogP contribution < -0.4 is 4.74 Å². The van der Waals surface area contributed by atoms with Gasteiger partial charge in [0.1, 0.15) is 5.75 Å². The van der Waals surface area contributed by atoms with E-state index in [0.717, 1.165) is 6.42 Å². The van der Waals surface area contributed by atoms with Crippen LogP contribution in [0.4, 0.5) is 0 Å². The van der Waals surface area contributed by atoms with Crippen LogP contribution in [0, 0.1) is 0 Å². The van der Waals surface area contributed by atoms with E-state index in [2.05, 4.69) is 0 Å². The van der Waals surface area contributed by atoms with E-state index in [1.807, 2.05) is 6.92 Å². The van der Waals surface area contributed by atoms with Crippen molar-refractivity contribution in [1.29, 1.82) is 0 Å². The van der Waals surface area contributed by atoms with Gasteiger partial charge in [0.05, 0.1) is 12.0 Å². The number of methoxy groups -OCH3 is 1.